The molecule has 134 valence electrons. The first-order valence-corrected chi connectivity index (χ1v) is 8.24. The Morgan fingerprint density at radius 2 is 1.85 bits per heavy atom. The summed E-state index contributed by atoms with van der Waals surface area (Å²) in [5.41, 5.74) is 1.67. The summed E-state index contributed by atoms with van der Waals surface area (Å²) in [5, 5.41) is 6.64. The molecule has 1 heterocycles. The molecule has 3 rings (SSSR count). The Bertz CT molecular complexity index is 885. The van der Waals surface area contributed by atoms with Crippen LogP contribution in [0.3, 0.4) is 0 Å². The maximum Gasteiger partial charge on any atom is 0.261 e. The number of carbonyl (C=O) groups excluding carboxylic acids is 1. The Balaban J connectivity index is 1.85. The molecule has 0 atom stereocenters. The molecule has 2 aromatic carbocycles. The van der Waals surface area contributed by atoms with Crippen molar-refractivity contribution in [1.82, 2.24) is 5.16 Å². The van der Waals surface area contributed by atoms with Gasteiger partial charge in [-0.15, -0.1) is 0 Å². The largest absolute Gasteiger partial charge is 0.497 e. The van der Waals surface area contributed by atoms with Gasteiger partial charge in [0.15, 0.2) is 5.76 Å². The van der Waals surface area contributed by atoms with E-state index in [0.29, 0.717) is 22.8 Å². The minimum Gasteiger partial charge on any atom is -0.497 e. The van der Waals surface area contributed by atoms with Crippen molar-refractivity contribution in [3.8, 4) is 22.8 Å². The van der Waals surface area contributed by atoms with Crippen molar-refractivity contribution in [2.24, 2.45) is 0 Å². The van der Waals surface area contributed by atoms with Crippen molar-refractivity contribution in [3.05, 3.63) is 60.3 Å². The van der Waals surface area contributed by atoms with E-state index in [0.717, 1.165) is 11.3 Å². The molecular weight excluding hydrogens is 332 g/mol. The molecule has 0 unspecified atom stereocenters. The van der Waals surface area contributed by atoms with Crippen molar-refractivity contribution >= 4 is 11.6 Å². The standard InChI is InChI=1S/C20H20N2O4/c1-13(2)25-18-7-5-4-6-17(18)22-20(23)16-12-21-26-19(16)14-8-10-15(24-3)11-9-14/h4-13H,1-3H3,(H,22,23). The van der Waals surface area contributed by atoms with Gasteiger partial charge in [-0.2, -0.15) is 0 Å². The van der Waals surface area contributed by atoms with Crippen LogP contribution in [0.25, 0.3) is 11.3 Å². The van der Waals surface area contributed by atoms with E-state index < -0.39 is 0 Å². The van der Waals surface area contributed by atoms with E-state index in [1.54, 1.807) is 25.3 Å². The normalized spacial score (nSPS) is 10.6. The van der Waals surface area contributed by atoms with Crippen LogP contribution < -0.4 is 14.8 Å². The second-order valence-electron chi connectivity index (χ2n) is 5.91. The van der Waals surface area contributed by atoms with Crippen LogP contribution in [0, 0.1) is 0 Å². The maximum absolute atomic E-state index is 12.7. The molecule has 0 aliphatic carbocycles. The number of benzene rings is 2. The molecule has 1 amide bonds. The summed E-state index contributed by atoms with van der Waals surface area (Å²) in [5.74, 6) is 1.40. The second kappa shape index (κ2) is 7.74. The first kappa shape index (κ1) is 17.5. The number of rotatable bonds is 6. The van der Waals surface area contributed by atoms with Gasteiger partial charge in [-0.1, -0.05) is 17.3 Å². The summed E-state index contributed by atoms with van der Waals surface area (Å²) in [6.07, 6.45) is 1.40. The maximum atomic E-state index is 12.7. The number of amides is 1. The van der Waals surface area contributed by atoms with Gasteiger partial charge in [0.25, 0.3) is 5.91 Å². The average Bonchev–Trinajstić information content (AvgIpc) is 3.13. The monoisotopic (exact) mass is 352 g/mol. The predicted molar refractivity (Wildman–Crippen MR) is 98.7 cm³/mol. The number of hydrogen-bond acceptors (Lipinski definition) is 5. The Morgan fingerprint density at radius 3 is 2.54 bits per heavy atom. The van der Waals surface area contributed by atoms with Gasteiger partial charge in [-0.05, 0) is 50.2 Å². The minimum absolute atomic E-state index is 0.00139. The van der Waals surface area contributed by atoms with E-state index in [9.17, 15) is 4.79 Å². The minimum atomic E-state index is -0.322. The smallest absolute Gasteiger partial charge is 0.261 e. The SMILES string of the molecule is COc1ccc(-c2oncc2C(=O)Nc2ccccc2OC(C)C)cc1. The lowest BCUT2D eigenvalue weighted by atomic mass is 10.1. The zero-order valence-corrected chi connectivity index (χ0v) is 14.9. The third kappa shape index (κ3) is 3.85. The first-order chi connectivity index (χ1) is 12.6. The number of hydrogen-bond donors (Lipinski definition) is 1. The summed E-state index contributed by atoms with van der Waals surface area (Å²) in [4.78, 5) is 12.7. The molecule has 6 heteroatoms. The van der Waals surface area contributed by atoms with E-state index in [4.69, 9.17) is 14.0 Å². The summed E-state index contributed by atoms with van der Waals surface area (Å²) in [7, 11) is 1.60. The van der Waals surface area contributed by atoms with E-state index in [1.807, 2.05) is 44.2 Å². The predicted octanol–water partition coefficient (Wildman–Crippen LogP) is 4.39. The molecule has 1 N–H and O–H groups in total. The summed E-state index contributed by atoms with van der Waals surface area (Å²) >= 11 is 0. The molecule has 0 saturated heterocycles. The molecule has 0 saturated carbocycles. The quantitative estimate of drug-likeness (QED) is 0.712. The lowest BCUT2D eigenvalue weighted by molar-refractivity contribution is 0.102. The molecule has 0 aliphatic heterocycles. The molecule has 1 aromatic heterocycles. The highest BCUT2D eigenvalue weighted by Gasteiger charge is 2.19. The van der Waals surface area contributed by atoms with Gasteiger partial charge in [0.2, 0.25) is 0 Å². The van der Waals surface area contributed by atoms with Crippen LogP contribution in [0.5, 0.6) is 11.5 Å². The van der Waals surface area contributed by atoms with Gasteiger partial charge in [-0.3, -0.25) is 4.79 Å². The van der Waals surface area contributed by atoms with Crippen LogP contribution in [-0.4, -0.2) is 24.3 Å². The zero-order chi connectivity index (χ0) is 18.5. The number of carbonyl (C=O) groups is 1. The fraction of sp³-hybridized carbons (Fsp3) is 0.200. The highest BCUT2D eigenvalue weighted by Crippen LogP contribution is 2.29. The number of para-hydroxylation sites is 2. The molecule has 0 fully saturated rings. The first-order valence-electron chi connectivity index (χ1n) is 8.24. The summed E-state index contributed by atoms with van der Waals surface area (Å²) in [6, 6.07) is 14.5. The Hall–Kier alpha value is -3.28. The van der Waals surface area contributed by atoms with E-state index >= 15 is 0 Å². The lowest BCUT2D eigenvalue weighted by Gasteiger charge is -2.14. The summed E-state index contributed by atoms with van der Waals surface area (Å²) < 4.78 is 16.2. The Morgan fingerprint density at radius 1 is 1.12 bits per heavy atom. The van der Waals surface area contributed by atoms with Gasteiger partial charge >= 0.3 is 0 Å². The number of ether oxygens (including phenoxy) is 2. The lowest BCUT2D eigenvalue weighted by Crippen LogP contribution is -2.14. The molecule has 6 nitrogen and oxygen atoms in total. The van der Waals surface area contributed by atoms with Crippen LogP contribution in [0.1, 0.15) is 24.2 Å². The van der Waals surface area contributed by atoms with Gasteiger partial charge in [0.1, 0.15) is 17.1 Å². The van der Waals surface area contributed by atoms with Crippen LogP contribution in [0.4, 0.5) is 5.69 Å². The third-order valence-corrected chi connectivity index (χ3v) is 3.67. The van der Waals surface area contributed by atoms with Gasteiger partial charge < -0.3 is 19.3 Å². The number of nitrogens with zero attached hydrogens (tertiary/aromatic N) is 1. The van der Waals surface area contributed by atoms with Crippen LogP contribution in [0.15, 0.2) is 59.3 Å². The fourth-order valence-corrected chi connectivity index (χ4v) is 2.47. The van der Waals surface area contributed by atoms with Crippen molar-refractivity contribution in [2.75, 3.05) is 12.4 Å². The highest BCUT2D eigenvalue weighted by molar-refractivity contribution is 6.08. The molecule has 0 aliphatic rings. The van der Waals surface area contributed by atoms with Gasteiger partial charge in [0, 0.05) is 5.56 Å². The highest BCUT2D eigenvalue weighted by atomic mass is 16.5. The number of nitrogens with one attached hydrogen (secondary N) is 1. The molecule has 0 spiro atoms. The van der Waals surface area contributed by atoms with Crippen molar-refractivity contribution in [2.45, 2.75) is 20.0 Å². The second-order valence-corrected chi connectivity index (χ2v) is 5.91. The molecule has 26 heavy (non-hydrogen) atoms. The van der Waals surface area contributed by atoms with Crippen LogP contribution in [0.2, 0.25) is 0 Å². The van der Waals surface area contributed by atoms with Gasteiger partial charge in [-0.25, -0.2) is 0 Å². The van der Waals surface area contributed by atoms with Crippen LogP contribution in [-0.2, 0) is 0 Å². The molecule has 3 aromatic rings. The topological polar surface area (TPSA) is 73.6 Å². The number of aromatic nitrogens is 1. The fourth-order valence-electron chi connectivity index (χ4n) is 2.47. The molecule has 0 radical (unpaired) electrons. The third-order valence-electron chi connectivity index (χ3n) is 3.67. The average molecular weight is 352 g/mol. The van der Waals surface area contributed by atoms with Crippen LogP contribution >= 0.6 is 0 Å². The van der Waals surface area contributed by atoms with Crippen molar-refractivity contribution < 1.29 is 18.8 Å². The number of methoxy groups -OCH3 is 1. The van der Waals surface area contributed by atoms with E-state index in [-0.39, 0.29) is 12.0 Å². The van der Waals surface area contributed by atoms with E-state index in [1.165, 1.54) is 6.20 Å². The van der Waals surface area contributed by atoms with Gasteiger partial charge in [0.05, 0.1) is 25.1 Å². The zero-order valence-electron chi connectivity index (χ0n) is 14.9. The summed E-state index contributed by atoms with van der Waals surface area (Å²) in [6.45, 7) is 3.86. The van der Waals surface area contributed by atoms with E-state index in [2.05, 4.69) is 10.5 Å². The molecule has 0 bridgehead atoms. The number of anilines is 1. The van der Waals surface area contributed by atoms with Crippen molar-refractivity contribution in [1.29, 1.82) is 0 Å². The molecular formula is C20H20N2O4. The van der Waals surface area contributed by atoms with Crippen molar-refractivity contribution in [3.63, 3.8) is 0 Å². The Labute approximate surface area is 151 Å². The Kier molecular flexibility index (Phi) is 5.22.